The number of aliphatic hydroxyl groups is 1. The fourth-order valence-electron chi connectivity index (χ4n) is 2.44. The molecule has 1 amide bonds. The summed E-state index contributed by atoms with van der Waals surface area (Å²) in [6.07, 6.45) is 2.44. The first-order valence-corrected chi connectivity index (χ1v) is 9.30. The molecule has 0 saturated carbocycles. The average Bonchev–Trinajstić information content (AvgIpc) is 2.92. The Bertz CT molecular complexity index is 650. The number of ether oxygens (including phenoxy) is 1. The van der Waals surface area contributed by atoms with E-state index in [1.54, 1.807) is 0 Å². The third kappa shape index (κ3) is 4.97. The van der Waals surface area contributed by atoms with Crippen LogP contribution in [0.3, 0.4) is 0 Å². The van der Waals surface area contributed by atoms with Crippen LogP contribution in [0.1, 0.15) is 26.7 Å². The van der Waals surface area contributed by atoms with Crippen molar-refractivity contribution in [3.8, 4) is 0 Å². The molecular formula is C15H23N3O5S. The standard InChI is InChI=1S/C15H23N3O5S/c1-10(2)8-13(14(19)17-12-5-7-23-15(12)20)18-24(21,22)11-4-3-6-16-9-11/h3-4,6,9-10,12-13,15,18,20H,5,7-8H2,1-2H3,(H,17,19)/t12-,13-,15?/m0/s1. The zero-order chi connectivity index (χ0) is 17.7. The highest BCUT2D eigenvalue weighted by Crippen LogP contribution is 2.14. The van der Waals surface area contributed by atoms with Crippen molar-refractivity contribution in [3.05, 3.63) is 24.5 Å². The zero-order valence-corrected chi connectivity index (χ0v) is 14.5. The van der Waals surface area contributed by atoms with E-state index in [9.17, 15) is 18.3 Å². The van der Waals surface area contributed by atoms with E-state index in [0.29, 0.717) is 19.4 Å². The van der Waals surface area contributed by atoms with Crippen LogP contribution in [0.15, 0.2) is 29.4 Å². The summed E-state index contributed by atoms with van der Waals surface area (Å²) in [5.41, 5.74) is 0. The van der Waals surface area contributed by atoms with Gasteiger partial charge in [0.2, 0.25) is 15.9 Å². The number of sulfonamides is 1. The van der Waals surface area contributed by atoms with Gasteiger partial charge in [-0.05, 0) is 30.9 Å². The van der Waals surface area contributed by atoms with Gasteiger partial charge in [0.1, 0.15) is 10.9 Å². The Labute approximate surface area is 141 Å². The first-order valence-electron chi connectivity index (χ1n) is 7.82. The number of hydrogen-bond acceptors (Lipinski definition) is 6. The Kier molecular flexibility index (Phi) is 6.27. The van der Waals surface area contributed by atoms with Gasteiger partial charge in [-0.25, -0.2) is 8.42 Å². The Balaban J connectivity index is 2.11. The van der Waals surface area contributed by atoms with Gasteiger partial charge in [0.25, 0.3) is 0 Å². The van der Waals surface area contributed by atoms with Crippen molar-refractivity contribution in [1.29, 1.82) is 0 Å². The third-order valence-corrected chi connectivity index (χ3v) is 5.11. The van der Waals surface area contributed by atoms with E-state index in [2.05, 4.69) is 15.0 Å². The van der Waals surface area contributed by atoms with Gasteiger partial charge < -0.3 is 15.2 Å². The van der Waals surface area contributed by atoms with Crippen LogP contribution in [0.25, 0.3) is 0 Å². The van der Waals surface area contributed by atoms with Crippen molar-refractivity contribution in [2.45, 2.75) is 50.0 Å². The lowest BCUT2D eigenvalue weighted by molar-refractivity contribution is -0.127. The molecule has 0 radical (unpaired) electrons. The molecule has 1 fully saturated rings. The maximum atomic E-state index is 12.5. The van der Waals surface area contributed by atoms with Crippen molar-refractivity contribution in [2.75, 3.05) is 6.61 Å². The molecule has 2 heterocycles. The maximum absolute atomic E-state index is 12.5. The van der Waals surface area contributed by atoms with E-state index in [-0.39, 0.29) is 10.8 Å². The normalized spacial score (nSPS) is 22.5. The number of carbonyl (C=O) groups is 1. The second-order valence-electron chi connectivity index (χ2n) is 6.16. The molecule has 1 aromatic heterocycles. The molecule has 3 atom stereocenters. The average molecular weight is 357 g/mol. The molecule has 1 aliphatic heterocycles. The highest BCUT2D eigenvalue weighted by Gasteiger charge is 2.32. The molecular weight excluding hydrogens is 334 g/mol. The van der Waals surface area contributed by atoms with Gasteiger partial charge in [0.15, 0.2) is 6.29 Å². The van der Waals surface area contributed by atoms with E-state index in [4.69, 9.17) is 4.74 Å². The highest BCUT2D eigenvalue weighted by molar-refractivity contribution is 7.89. The van der Waals surface area contributed by atoms with Gasteiger partial charge in [-0.2, -0.15) is 4.72 Å². The molecule has 1 saturated heterocycles. The summed E-state index contributed by atoms with van der Waals surface area (Å²) in [5, 5.41) is 12.3. The molecule has 24 heavy (non-hydrogen) atoms. The highest BCUT2D eigenvalue weighted by atomic mass is 32.2. The molecule has 8 nitrogen and oxygen atoms in total. The predicted molar refractivity (Wildman–Crippen MR) is 86.3 cm³/mol. The van der Waals surface area contributed by atoms with Crippen LogP contribution >= 0.6 is 0 Å². The largest absolute Gasteiger partial charge is 0.366 e. The summed E-state index contributed by atoms with van der Waals surface area (Å²) in [4.78, 5) is 16.3. The molecule has 1 aromatic rings. The number of amides is 1. The summed E-state index contributed by atoms with van der Waals surface area (Å²) in [6.45, 7) is 4.14. The molecule has 0 spiro atoms. The van der Waals surface area contributed by atoms with Gasteiger partial charge in [-0.15, -0.1) is 0 Å². The first kappa shape index (κ1) is 18.8. The van der Waals surface area contributed by atoms with Crippen molar-refractivity contribution in [3.63, 3.8) is 0 Å². The topological polar surface area (TPSA) is 118 Å². The van der Waals surface area contributed by atoms with E-state index < -0.39 is 34.3 Å². The molecule has 0 aromatic carbocycles. The Morgan fingerprint density at radius 3 is 2.79 bits per heavy atom. The Hall–Kier alpha value is -1.55. The molecule has 0 aliphatic carbocycles. The number of nitrogens with one attached hydrogen (secondary N) is 2. The number of rotatable bonds is 7. The second kappa shape index (κ2) is 8.02. The number of aliphatic hydroxyl groups excluding tert-OH is 1. The van der Waals surface area contributed by atoms with E-state index >= 15 is 0 Å². The number of nitrogens with zero attached hydrogens (tertiary/aromatic N) is 1. The van der Waals surface area contributed by atoms with Crippen LogP contribution < -0.4 is 10.0 Å². The van der Waals surface area contributed by atoms with Crippen LogP contribution in [-0.4, -0.2) is 49.4 Å². The van der Waals surface area contributed by atoms with Crippen LogP contribution in [0.2, 0.25) is 0 Å². The predicted octanol–water partition coefficient (Wildman–Crippen LogP) is -0.00190. The van der Waals surface area contributed by atoms with Crippen LogP contribution in [0.4, 0.5) is 0 Å². The lowest BCUT2D eigenvalue weighted by Crippen LogP contribution is -2.51. The molecule has 134 valence electrons. The molecule has 1 unspecified atom stereocenters. The van der Waals surface area contributed by atoms with Crippen molar-refractivity contribution in [1.82, 2.24) is 15.0 Å². The quantitative estimate of drug-likeness (QED) is 0.632. The third-order valence-electron chi connectivity index (χ3n) is 3.66. The molecule has 1 aliphatic rings. The Morgan fingerprint density at radius 1 is 1.50 bits per heavy atom. The minimum absolute atomic E-state index is 0.00390. The van der Waals surface area contributed by atoms with E-state index in [0.717, 1.165) is 0 Å². The lowest BCUT2D eigenvalue weighted by Gasteiger charge is -2.23. The number of aromatic nitrogens is 1. The minimum Gasteiger partial charge on any atom is -0.366 e. The SMILES string of the molecule is CC(C)C[C@H](NS(=O)(=O)c1cccnc1)C(=O)N[C@H]1CCOC1O. The van der Waals surface area contributed by atoms with Crippen LogP contribution in [0, 0.1) is 5.92 Å². The molecule has 3 N–H and O–H groups in total. The minimum atomic E-state index is -3.86. The van der Waals surface area contributed by atoms with Crippen molar-refractivity contribution in [2.24, 2.45) is 5.92 Å². The number of carbonyl (C=O) groups excluding carboxylic acids is 1. The van der Waals surface area contributed by atoms with Crippen LogP contribution in [0.5, 0.6) is 0 Å². The van der Waals surface area contributed by atoms with E-state index in [1.807, 2.05) is 13.8 Å². The fourth-order valence-corrected chi connectivity index (χ4v) is 3.61. The van der Waals surface area contributed by atoms with Gasteiger partial charge in [-0.1, -0.05) is 13.8 Å². The molecule has 9 heteroatoms. The summed E-state index contributed by atoms with van der Waals surface area (Å²) < 4.78 is 32.3. The van der Waals surface area contributed by atoms with Crippen molar-refractivity contribution >= 4 is 15.9 Å². The summed E-state index contributed by atoms with van der Waals surface area (Å²) >= 11 is 0. The summed E-state index contributed by atoms with van der Waals surface area (Å²) in [6, 6.07) is 1.45. The molecule has 2 rings (SSSR count). The van der Waals surface area contributed by atoms with Gasteiger partial charge in [0, 0.05) is 12.4 Å². The van der Waals surface area contributed by atoms with E-state index in [1.165, 1.54) is 24.5 Å². The monoisotopic (exact) mass is 357 g/mol. The lowest BCUT2D eigenvalue weighted by atomic mass is 10.0. The van der Waals surface area contributed by atoms with Crippen molar-refractivity contribution < 1.29 is 23.1 Å². The fraction of sp³-hybridized carbons (Fsp3) is 0.600. The summed E-state index contributed by atoms with van der Waals surface area (Å²) in [5.74, 6) is -0.382. The second-order valence-corrected chi connectivity index (χ2v) is 7.87. The smallest absolute Gasteiger partial charge is 0.242 e. The zero-order valence-electron chi connectivity index (χ0n) is 13.7. The Morgan fingerprint density at radius 2 is 2.25 bits per heavy atom. The van der Waals surface area contributed by atoms with Gasteiger partial charge >= 0.3 is 0 Å². The van der Waals surface area contributed by atoms with Gasteiger partial charge in [0.05, 0.1) is 12.6 Å². The summed E-state index contributed by atoms with van der Waals surface area (Å²) in [7, 11) is -3.86. The molecule has 0 bridgehead atoms. The van der Waals surface area contributed by atoms with Gasteiger partial charge in [-0.3, -0.25) is 9.78 Å². The first-order chi connectivity index (χ1) is 11.3. The number of pyridine rings is 1. The number of hydrogen-bond donors (Lipinski definition) is 3. The van der Waals surface area contributed by atoms with Crippen LogP contribution in [-0.2, 0) is 19.6 Å². The maximum Gasteiger partial charge on any atom is 0.242 e.